The molecule has 0 spiro atoms. The molecule has 13 heteroatoms. The molecule has 4 aromatic carbocycles. The van der Waals surface area contributed by atoms with Gasteiger partial charge >= 0.3 is 7.12 Å². The number of alkyl halides is 2. The highest BCUT2D eigenvalue weighted by atomic mass is 35.5. The minimum absolute atomic E-state index is 0.0476. The molecule has 0 aromatic heterocycles. The van der Waals surface area contributed by atoms with Gasteiger partial charge in [-0.05, 0) is 66.0 Å². The fourth-order valence-electron chi connectivity index (χ4n) is 8.33. The Morgan fingerprint density at radius 2 is 1.53 bits per heavy atom. The van der Waals surface area contributed by atoms with Gasteiger partial charge in [-0.3, -0.25) is 24.1 Å². The van der Waals surface area contributed by atoms with Gasteiger partial charge in [0, 0.05) is 16.9 Å². The van der Waals surface area contributed by atoms with Crippen molar-refractivity contribution >= 4 is 81.6 Å². The lowest BCUT2D eigenvalue weighted by atomic mass is 9.56. The van der Waals surface area contributed by atoms with Crippen LogP contribution in [0.2, 0.25) is 0 Å². The summed E-state index contributed by atoms with van der Waals surface area (Å²) >= 11 is 14.8. The number of halogens is 3. The first kappa shape index (κ1) is 31.7. The fourth-order valence-corrected chi connectivity index (χ4v) is 9.25. The summed E-state index contributed by atoms with van der Waals surface area (Å²) in [6, 6.07) is 21.0. The van der Waals surface area contributed by atoms with Crippen molar-refractivity contribution in [3.05, 3.63) is 108 Å². The molecule has 3 fully saturated rings. The van der Waals surface area contributed by atoms with Crippen molar-refractivity contribution in [1.29, 1.82) is 0 Å². The van der Waals surface area contributed by atoms with E-state index in [4.69, 9.17) is 23.2 Å². The highest BCUT2D eigenvalue weighted by Crippen LogP contribution is 2.66. The molecule has 0 bridgehead atoms. The number of nitrogens with zero attached hydrogens (tertiary/aromatic N) is 2. The van der Waals surface area contributed by atoms with Gasteiger partial charge in [0.1, 0.15) is 11.6 Å². The zero-order chi connectivity index (χ0) is 34.6. The molecule has 4 aliphatic rings. The molecule has 2 aliphatic carbocycles. The molecular formula is C36H26BCl2FN2O7. The molecule has 246 valence electrons. The van der Waals surface area contributed by atoms with E-state index in [1.54, 1.807) is 42.5 Å². The van der Waals surface area contributed by atoms with Crippen molar-refractivity contribution in [1.82, 2.24) is 0 Å². The maximum absolute atomic E-state index is 14.6. The highest BCUT2D eigenvalue weighted by molar-refractivity contribution is 6.59. The van der Waals surface area contributed by atoms with Crippen molar-refractivity contribution in [2.45, 2.75) is 28.5 Å². The Kier molecular flexibility index (Phi) is 7.11. The topological polar surface area (TPSA) is 135 Å². The Balaban J connectivity index is 1.31. The van der Waals surface area contributed by atoms with E-state index < -0.39 is 70.0 Å². The summed E-state index contributed by atoms with van der Waals surface area (Å²) in [5.41, 5.74) is 0.986. The lowest BCUT2D eigenvalue weighted by Crippen LogP contribution is -2.60. The average molecular weight is 699 g/mol. The SMILES string of the molecule is O=C1C2CC=C3C(CC4(Cl)C(=O)N(c5ccc(F)cc5)C(=O)C4(Cl)C3c3ccc4ccccc4c3O)C2C(=O)N1c1cccc(B(O)O)c1. The summed E-state index contributed by atoms with van der Waals surface area (Å²) in [5.74, 6) is -7.53. The second kappa shape index (κ2) is 11.0. The number of anilines is 2. The summed E-state index contributed by atoms with van der Waals surface area (Å²) < 4.78 is 13.9. The van der Waals surface area contributed by atoms with E-state index in [1.165, 1.54) is 36.4 Å². The molecule has 0 radical (unpaired) electrons. The third-order valence-electron chi connectivity index (χ3n) is 10.6. The van der Waals surface area contributed by atoms with Gasteiger partial charge in [-0.15, -0.1) is 23.2 Å². The van der Waals surface area contributed by atoms with Gasteiger partial charge in [0.05, 0.1) is 23.2 Å². The lowest BCUT2D eigenvalue weighted by Gasteiger charge is -2.50. The second-order valence-electron chi connectivity index (χ2n) is 13.0. The Labute approximate surface area is 289 Å². The molecule has 2 heterocycles. The number of imide groups is 2. The van der Waals surface area contributed by atoms with Gasteiger partial charge in [0.15, 0.2) is 9.75 Å². The van der Waals surface area contributed by atoms with E-state index in [9.17, 15) is 38.7 Å². The summed E-state index contributed by atoms with van der Waals surface area (Å²) in [4.78, 5) is 54.7. The number of hydrogen-bond acceptors (Lipinski definition) is 7. The first-order valence-electron chi connectivity index (χ1n) is 15.7. The number of benzene rings is 4. The van der Waals surface area contributed by atoms with Gasteiger partial charge in [-0.1, -0.05) is 60.2 Å². The molecule has 1 saturated carbocycles. The number of allylic oxidation sites excluding steroid dienone is 2. The predicted molar refractivity (Wildman–Crippen MR) is 181 cm³/mol. The monoisotopic (exact) mass is 698 g/mol. The lowest BCUT2D eigenvalue weighted by molar-refractivity contribution is -0.125. The second-order valence-corrected chi connectivity index (χ2v) is 14.2. The van der Waals surface area contributed by atoms with Crippen LogP contribution in [0.25, 0.3) is 10.8 Å². The van der Waals surface area contributed by atoms with Crippen LogP contribution in [0.4, 0.5) is 15.8 Å². The van der Waals surface area contributed by atoms with Crippen LogP contribution in [0.1, 0.15) is 24.3 Å². The summed E-state index contributed by atoms with van der Waals surface area (Å²) in [5, 5.41) is 32.4. The van der Waals surface area contributed by atoms with Crippen molar-refractivity contribution in [2.24, 2.45) is 17.8 Å². The molecule has 4 aromatic rings. The summed E-state index contributed by atoms with van der Waals surface area (Å²) in [6.07, 6.45) is 1.56. The molecule has 3 N–H and O–H groups in total. The molecule has 2 saturated heterocycles. The summed E-state index contributed by atoms with van der Waals surface area (Å²) in [7, 11) is -1.83. The average Bonchev–Trinajstić information content (AvgIpc) is 3.43. The van der Waals surface area contributed by atoms with Gasteiger partial charge in [-0.25, -0.2) is 9.29 Å². The standard InChI is InChI=1S/C36H26BCl2FN2O7/c38-35-17-27-24(14-15-25-28(27)32(45)41(31(25)44)22-6-3-5-19(16-22)37(48)49)29(26-13-8-18-4-1-2-7-23(18)30(26)43)36(35,39)34(47)42(33(35)46)21-11-9-20(40)10-12-21/h1-14,16,25,27-29,43,48-49H,15,17H2. The number of rotatable bonds is 4. The van der Waals surface area contributed by atoms with Gasteiger partial charge in [-0.2, -0.15) is 0 Å². The quantitative estimate of drug-likeness (QED) is 0.126. The molecule has 2 aliphatic heterocycles. The summed E-state index contributed by atoms with van der Waals surface area (Å²) in [6.45, 7) is 0. The Morgan fingerprint density at radius 3 is 2.27 bits per heavy atom. The Bertz CT molecular complexity index is 2160. The Morgan fingerprint density at radius 1 is 0.796 bits per heavy atom. The number of carbonyl (C=O) groups is 4. The predicted octanol–water partition coefficient (Wildman–Crippen LogP) is 4.13. The van der Waals surface area contributed by atoms with Crippen molar-refractivity contribution in [3.63, 3.8) is 0 Å². The molecule has 6 atom stereocenters. The van der Waals surface area contributed by atoms with Crippen molar-refractivity contribution in [3.8, 4) is 5.75 Å². The van der Waals surface area contributed by atoms with Gasteiger partial charge in [0.25, 0.3) is 11.8 Å². The van der Waals surface area contributed by atoms with Crippen LogP contribution in [-0.2, 0) is 19.2 Å². The number of carbonyl (C=O) groups excluding carboxylic acids is 4. The van der Waals surface area contributed by atoms with E-state index in [0.717, 1.165) is 21.9 Å². The van der Waals surface area contributed by atoms with Gasteiger partial charge in [0.2, 0.25) is 11.8 Å². The van der Waals surface area contributed by atoms with E-state index in [0.29, 0.717) is 16.3 Å². The van der Waals surface area contributed by atoms with Crippen LogP contribution in [0.5, 0.6) is 5.75 Å². The Hall–Kier alpha value is -4.55. The van der Waals surface area contributed by atoms with E-state index in [2.05, 4.69) is 0 Å². The number of phenolic OH excluding ortho intramolecular Hbond substituents is 1. The molecular weight excluding hydrogens is 673 g/mol. The molecule has 9 nitrogen and oxygen atoms in total. The van der Waals surface area contributed by atoms with Crippen molar-refractivity contribution < 1.29 is 38.7 Å². The van der Waals surface area contributed by atoms with Crippen LogP contribution < -0.4 is 15.3 Å². The van der Waals surface area contributed by atoms with Crippen LogP contribution >= 0.6 is 23.2 Å². The zero-order valence-corrected chi connectivity index (χ0v) is 27.0. The van der Waals surface area contributed by atoms with Crippen LogP contribution in [0.3, 0.4) is 0 Å². The molecule has 8 rings (SSSR count). The van der Waals surface area contributed by atoms with E-state index >= 15 is 0 Å². The zero-order valence-electron chi connectivity index (χ0n) is 25.5. The smallest absolute Gasteiger partial charge is 0.488 e. The molecule has 49 heavy (non-hydrogen) atoms. The first-order valence-corrected chi connectivity index (χ1v) is 16.4. The number of aromatic hydroxyl groups is 1. The van der Waals surface area contributed by atoms with Crippen molar-refractivity contribution in [2.75, 3.05) is 9.80 Å². The number of hydrogen-bond donors (Lipinski definition) is 3. The van der Waals surface area contributed by atoms with Crippen LogP contribution in [0.15, 0.2) is 96.6 Å². The third-order valence-corrected chi connectivity index (χ3v) is 12.0. The number of phenols is 1. The third kappa shape index (κ3) is 4.26. The first-order chi connectivity index (χ1) is 23.4. The van der Waals surface area contributed by atoms with Gasteiger partial charge < -0.3 is 15.2 Å². The number of amides is 4. The number of fused-ring (bicyclic) bond motifs is 5. The highest BCUT2D eigenvalue weighted by Gasteiger charge is 2.77. The molecule has 6 unspecified atom stereocenters. The normalized spacial score (nSPS) is 29.2. The van der Waals surface area contributed by atoms with E-state index in [-0.39, 0.29) is 41.0 Å². The minimum Gasteiger partial charge on any atom is -0.507 e. The van der Waals surface area contributed by atoms with Crippen LogP contribution in [0, 0.1) is 23.6 Å². The fraction of sp³-hybridized carbons (Fsp3) is 0.222. The minimum atomic E-state index is -2.20. The maximum Gasteiger partial charge on any atom is 0.488 e. The maximum atomic E-state index is 14.6. The van der Waals surface area contributed by atoms with E-state index in [1.807, 2.05) is 0 Å². The largest absolute Gasteiger partial charge is 0.507 e. The van der Waals surface area contributed by atoms with Crippen LogP contribution in [-0.4, -0.2) is 55.7 Å². The molecule has 4 amide bonds.